The Hall–Kier alpha value is -1.11. The molecule has 0 saturated carbocycles. The van der Waals surface area contributed by atoms with Crippen LogP contribution in [0.2, 0.25) is 0 Å². The molecule has 1 atom stereocenters. The smallest absolute Gasteiger partial charge is 0.240 e. The molecule has 1 rings (SSSR count). The van der Waals surface area contributed by atoms with Crippen molar-refractivity contribution in [2.45, 2.75) is 44.1 Å². The molecule has 114 valence electrons. The molecule has 1 aromatic carbocycles. The molecule has 0 heterocycles. The topological polar surface area (TPSA) is 75.6 Å². The van der Waals surface area contributed by atoms with Crippen LogP contribution in [0.25, 0.3) is 0 Å². The zero-order valence-corrected chi connectivity index (χ0v) is 13.3. The summed E-state index contributed by atoms with van der Waals surface area (Å²) >= 11 is 0. The summed E-state index contributed by atoms with van der Waals surface area (Å²) in [5, 5.41) is 10.0. The zero-order valence-electron chi connectivity index (χ0n) is 12.4. The minimum atomic E-state index is -3.62. The molecular formula is C14H23NO4S. The number of hydrogen-bond donors (Lipinski definition) is 2. The number of methoxy groups -OCH3 is 1. The average Bonchev–Trinajstić information content (AvgIpc) is 2.36. The van der Waals surface area contributed by atoms with Crippen LogP contribution in [0.4, 0.5) is 0 Å². The van der Waals surface area contributed by atoms with Crippen molar-refractivity contribution in [1.82, 2.24) is 4.72 Å². The van der Waals surface area contributed by atoms with E-state index in [-0.39, 0.29) is 11.4 Å². The van der Waals surface area contributed by atoms with Crippen molar-refractivity contribution < 1.29 is 18.3 Å². The van der Waals surface area contributed by atoms with Crippen molar-refractivity contribution in [3.05, 3.63) is 23.8 Å². The summed E-state index contributed by atoms with van der Waals surface area (Å²) in [7, 11) is -2.09. The molecule has 0 aliphatic rings. The van der Waals surface area contributed by atoms with E-state index in [4.69, 9.17) is 4.74 Å². The molecule has 0 aliphatic carbocycles. The average molecular weight is 301 g/mol. The van der Waals surface area contributed by atoms with Crippen LogP contribution in [0.15, 0.2) is 23.1 Å². The lowest BCUT2D eigenvalue weighted by Crippen LogP contribution is -2.40. The first-order valence-corrected chi connectivity index (χ1v) is 8.07. The van der Waals surface area contributed by atoms with Crippen molar-refractivity contribution in [1.29, 1.82) is 0 Å². The maximum Gasteiger partial charge on any atom is 0.240 e. The highest BCUT2D eigenvalue weighted by molar-refractivity contribution is 7.89. The monoisotopic (exact) mass is 301 g/mol. The molecule has 2 N–H and O–H groups in total. The Kier molecular flexibility index (Phi) is 5.56. The van der Waals surface area contributed by atoms with Gasteiger partial charge in [0.25, 0.3) is 0 Å². The molecule has 0 amide bonds. The second-order valence-corrected chi connectivity index (χ2v) is 6.97. The number of nitrogens with one attached hydrogen (secondary N) is 1. The highest BCUT2D eigenvalue weighted by atomic mass is 32.2. The first-order valence-electron chi connectivity index (χ1n) is 6.58. The molecule has 0 spiro atoms. The van der Waals surface area contributed by atoms with Gasteiger partial charge in [-0.3, -0.25) is 0 Å². The molecule has 5 nitrogen and oxygen atoms in total. The predicted octanol–water partition coefficient (Wildman–Crippen LogP) is 1.83. The van der Waals surface area contributed by atoms with Crippen LogP contribution in [-0.2, 0) is 10.0 Å². The maximum atomic E-state index is 12.2. The molecular weight excluding hydrogens is 278 g/mol. The molecule has 0 bridgehead atoms. The number of aliphatic hydroxyl groups is 1. The minimum Gasteiger partial charge on any atom is -0.496 e. The van der Waals surface area contributed by atoms with E-state index in [9.17, 15) is 13.5 Å². The van der Waals surface area contributed by atoms with Crippen molar-refractivity contribution in [3.8, 4) is 5.75 Å². The first-order chi connectivity index (χ1) is 9.22. The largest absolute Gasteiger partial charge is 0.496 e. The number of hydrogen-bond acceptors (Lipinski definition) is 4. The van der Waals surface area contributed by atoms with Gasteiger partial charge in [-0.25, -0.2) is 13.1 Å². The third-order valence-corrected chi connectivity index (χ3v) is 4.51. The lowest BCUT2D eigenvalue weighted by atomic mass is 10.0. The van der Waals surface area contributed by atoms with E-state index in [1.807, 2.05) is 6.92 Å². The number of ether oxygens (including phenoxy) is 1. The fourth-order valence-corrected chi connectivity index (χ4v) is 3.23. The van der Waals surface area contributed by atoms with Gasteiger partial charge in [0.15, 0.2) is 0 Å². The highest BCUT2D eigenvalue weighted by Gasteiger charge is 2.23. The van der Waals surface area contributed by atoms with Gasteiger partial charge in [-0.05, 0) is 44.0 Å². The van der Waals surface area contributed by atoms with E-state index in [1.54, 1.807) is 26.0 Å². The summed E-state index contributed by atoms with van der Waals surface area (Å²) in [6.07, 6.45) is 1.33. The van der Waals surface area contributed by atoms with Crippen LogP contribution in [-0.4, -0.2) is 32.8 Å². The van der Waals surface area contributed by atoms with Crippen molar-refractivity contribution >= 4 is 10.0 Å². The summed E-state index contributed by atoms with van der Waals surface area (Å²) in [6, 6.07) is 4.66. The zero-order chi connectivity index (χ0) is 15.4. The van der Waals surface area contributed by atoms with Crippen LogP contribution < -0.4 is 9.46 Å². The molecule has 0 saturated heterocycles. The molecule has 0 fully saturated rings. The molecule has 0 radical (unpaired) electrons. The van der Waals surface area contributed by atoms with Gasteiger partial charge in [0.1, 0.15) is 5.75 Å². The lowest BCUT2D eigenvalue weighted by molar-refractivity contribution is 0.0554. The molecule has 6 heteroatoms. The molecule has 20 heavy (non-hydrogen) atoms. The van der Waals surface area contributed by atoms with E-state index >= 15 is 0 Å². The van der Waals surface area contributed by atoms with E-state index < -0.39 is 15.6 Å². The van der Waals surface area contributed by atoms with Gasteiger partial charge < -0.3 is 9.84 Å². The Labute approximate surface area is 121 Å². The van der Waals surface area contributed by atoms with Crippen LogP contribution >= 0.6 is 0 Å². The normalized spacial score (nSPS) is 14.8. The standard InChI is InChI=1S/C14H23NO4S/c1-5-8-14(3,16)10-15-20(17,18)12-6-7-13(19-4)11(2)9-12/h6-7,9,15-16H,5,8,10H2,1-4H3. The quantitative estimate of drug-likeness (QED) is 0.805. The highest BCUT2D eigenvalue weighted by Crippen LogP contribution is 2.21. The first kappa shape index (κ1) is 16.9. The molecule has 1 unspecified atom stereocenters. The van der Waals surface area contributed by atoms with Gasteiger partial charge >= 0.3 is 0 Å². The third-order valence-electron chi connectivity index (χ3n) is 3.11. The Bertz CT molecular complexity index is 552. The summed E-state index contributed by atoms with van der Waals surface area (Å²) in [4.78, 5) is 0.170. The summed E-state index contributed by atoms with van der Waals surface area (Å²) in [5.41, 5.74) is -0.292. The third kappa shape index (κ3) is 4.47. The summed E-state index contributed by atoms with van der Waals surface area (Å²) < 4.78 is 31.9. The van der Waals surface area contributed by atoms with Gasteiger partial charge in [-0.1, -0.05) is 13.3 Å². The fraction of sp³-hybridized carbons (Fsp3) is 0.571. The van der Waals surface area contributed by atoms with Crippen molar-refractivity contribution in [2.75, 3.05) is 13.7 Å². The number of aryl methyl sites for hydroxylation is 1. The van der Waals surface area contributed by atoms with Gasteiger partial charge in [0.05, 0.1) is 17.6 Å². The lowest BCUT2D eigenvalue weighted by Gasteiger charge is -2.23. The maximum absolute atomic E-state index is 12.2. The summed E-state index contributed by atoms with van der Waals surface area (Å²) in [5.74, 6) is 0.641. The van der Waals surface area contributed by atoms with Crippen molar-refractivity contribution in [2.24, 2.45) is 0 Å². The number of rotatable bonds is 7. The van der Waals surface area contributed by atoms with Crippen LogP contribution in [0.5, 0.6) is 5.75 Å². The Morgan fingerprint density at radius 1 is 1.40 bits per heavy atom. The Morgan fingerprint density at radius 2 is 2.05 bits per heavy atom. The van der Waals surface area contributed by atoms with Crippen LogP contribution in [0.3, 0.4) is 0 Å². The van der Waals surface area contributed by atoms with Gasteiger partial charge in [-0.2, -0.15) is 0 Å². The number of benzene rings is 1. The molecule has 1 aromatic rings. The SMILES string of the molecule is CCCC(C)(O)CNS(=O)(=O)c1ccc(OC)c(C)c1. The van der Waals surface area contributed by atoms with E-state index in [0.717, 1.165) is 12.0 Å². The predicted molar refractivity (Wildman–Crippen MR) is 78.5 cm³/mol. The number of sulfonamides is 1. The Balaban J connectivity index is 2.87. The molecule has 0 aromatic heterocycles. The second kappa shape index (κ2) is 6.56. The van der Waals surface area contributed by atoms with Crippen molar-refractivity contribution in [3.63, 3.8) is 0 Å². The minimum absolute atomic E-state index is 0.00570. The van der Waals surface area contributed by atoms with Gasteiger partial charge in [0, 0.05) is 6.54 Å². The Morgan fingerprint density at radius 3 is 2.55 bits per heavy atom. The van der Waals surface area contributed by atoms with Crippen LogP contribution in [0, 0.1) is 6.92 Å². The molecule has 0 aliphatic heterocycles. The second-order valence-electron chi connectivity index (χ2n) is 5.20. The fourth-order valence-electron chi connectivity index (χ4n) is 1.98. The van der Waals surface area contributed by atoms with E-state index in [1.165, 1.54) is 13.2 Å². The van der Waals surface area contributed by atoms with Gasteiger partial charge in [0.2, 0.25) is 10.0 Å². The van der Waals surface area contributed by atoms with Crippen LogP contribution in [0.1, 0.15) is 32.3 Å². The van der Waals surface area contributed by atoms with E-state index in [2.05, 4.69) is 4.72 Å². The van der Waals surface area contributed by atoms with Gasteiger partial charge in [-0.15, -0.1) is 0 Å². The van der Waals surface area contributed by atoms with E-state index in [0.29, 0.717) is 12.2 Å². The summed E-state index contributed by atoms with van der Waals surface area (Å²) in [6.45, 7) is 5.34.